The number of aromatic amines is 1. The van der Waals surface area contributed by atoms with Crippen LogP contribution >= 0.6 is 0 Å². The predicted molar refractivity (Wildman–Crippen MR) is 59.4 cm³/mol. The van der Waals surface area contributed by atoms with Crippen molar-refractivity contribution in [2.75, 3.05) is 6.54 Å². The molecule has 0 saturated carbocycles. The summed E-state index contributed by atoms with van der Waals surface area (Å²) >= 11 is 0. The smallest absolute Gasteiger partial charge is 0.0181 e. The van der Waals surface area contributed by atoms with Gasteiger partial charge in [-0.2, -0.15) is 0 Å². The predicted octanol–water partition coefficient (Wildman–Crippen LogP) is 2.17. The summed E-state index contributed by atoms with van der Waals surface area (Å²) in [5.41, 5.74) is 9.97. The molecule has 14 heavy (non-hydrogen) atoms. The number of fused-ring (bicyclic) bond motifs is 1. The number of hydrogen-bond acceptors (Lipinski definition) is 1. The summed E-state index contributed by atoms with van der Waals surface area (Å²) in [6.07, 6.45) is 8.79. The molecule has 1 aromatic rings. The highest BCUT2D eigenvalue weighted by Gasteiger charge is 2.11. The molecule has 2 rings (SSSR count). The number of nitrogens with one attached hydrogen (secondary N) is 1. The fourth-order valence-electron chi connectivity index (χ4n) is 2.27. The third-order valence-corrected chi connectivity index (χ3v) is 3.07. The maximum atomic E-state index is 5.48. The monoisotopic (exact) mass is 192 g/mol. The van der Waals surface area contributed by atoms with Gasteiger partial charge in [-0.1, -0.05) is 0 Å². The summed E-state index contributed by atoms with van der Waals surface area (Å²) < 4.78 is 0. The van der Waals surface area contributed by atoms with E-state index in [1.807, 2.05) is 0 Å². The third-order valence-electron chi connectivity index (χ3n) is 3.07. The molecule has 1 aliphatic rings. The Morgan fingerprint density at radius 3 is 2.86 bits per heavy atom. The van der Waals surface area contributed by atoms with Crippen LogP contribution in [0.4, 0.5) is 0 Å². The average molecular weight is 192 g/mol. The second-order valence-electron chi connectivity index (χ2n) is 4.25. The maximum absolute atomic E-state index is 5.48. The van der Waals surface area contributed by atoms with Crippen molar-refractivity contribution in [1.29, 1.82) is 0 Å². The lowest BCUT2D eigenvalue weighted by molar-refractivity contribution is 0.675. The number of unbranched alkanes of at least 4 members (excludes halogenated alkanes) is 1. The van der Waals surface area contributed by atoms with E-state index in [0.717, 1.165) is 13.0 Å². The molecule has 0 radical (unpaired) electrons. The first-order valence-electron chi connectivity index (χ1n) is 5.80. The van der Waals surface area contributed by atoms with Gasteiger partial charge in [-0.15, -0.1) is 0 Å². The van der Waals surface area contributed by atoms with Crippen LogP contribution in [0.1, 0.15) is 42.6 Å². The fraction of sp³-hybridized carbons (Fsp3) is 0.667. The number of aryl methyl sites for hydroxylation is 3. The highest BCUT2D eigenvalue weighted by Crippen LogP contribution is 2.22. The zero-order valence-electron chi connectivity index (χ0n) is 8.81. The van der Waals surface area contributed by atoms with Crippen LogP contribution in [0, 0.1) is 0 Å². The van der Waals surface area contributed by atoms with Crippen LogP contribution in [0.15, 0.2) is 6.07 Å². The molecule has 1 aliphatic carbocycles. The van der Waals surface area contributed by atoms with Gasteiger partial charge in [-0.3, -0.25) is 0 Å². The van der Waals surface area contributed by atoms with Crippen LogP contribution < -0.4 is 5.73 Å². The highest BCUT2D eigenvalue weighted by molar-refractivity contribution is 5.28. The Bertz CT molecular complexity index is 265. The van der Waals surface area contributed by atoms with Gasteiger partial charge in [-0.05, 0) is 63.1 Å². The Balaban J connectivity index is 1.94. The Labute approximate surface area is 85.9 Å². The maximum Gasteiger partial charge on any atom is 0.0181 e. The van der Waals surface area contributed by atoms with E-state index < -0.39 is 0 Å². The molecule has 0 amide bonds. The van der Waals surface area contributed by atoms with Crippen molar-refractivity contribution in [2.24, 2.45) is 5.73 Å². The Hall–Kier alpha value is -0.760. The molecule has 1 aromatic heterocycles. The summed E-state index contributed by atoms with van der Waals surface area (Å²) in [6.45, 7) is 0.820. The molecule has 0 atom stereocenters. The van der Waals surface area contributed by atoms with E-state index in [-0.39, 0.29) is 0 Å². The quantitative estimate of drug-likeness (QED) is 0.705. The van der Waals surface area contributed by atoms with Crippen LogP contribution in [-0.2, 0) is 19.3 Å². The average Bonchev–Trinajstić information content (AvgIpc) is 2.60. The Morgan fingerprint density at radius 1 is 1.21 bits per heavy atom. The van der Waals surface area contributed by atoms with Crippen LogP contribution in [-0.4, -0.2) is 11.5 Å². The lowest BCUT2D eigenvalue weighted by Gasteiger charge is -2.09. The summed E-state index contributed by atoms with van der Waals surface area (Å²) in [4.78, 5) is 3.55. The van der Waals surface area contributed by atoms with Crippen molar-refractivity contribution in [3.63, 3.8) is 0 Å². The summed E-state index contributed by atoms with van der Waals surface area (Å²) in [5, 5.41) is 0. The van der Waals surface area contributed by atoms with Crippen LogP contribution in [0.5, 0.6) is 0 Å². The highest BCUT2D eigenvalue weighted by atomic mass is 14.7. The minimum atomic E-state index is 0.820. The van der Waals surface area contributed by atoms with Crippen molar-refractivity contribution < 1.29 is 0 Å². The van der Waals surface area contributed by atoms with Gasteiger partial charge < -0.3 is 10.7 Å². The van der Waals surface area contributed by atoms with Gasteiger partial charge in [0.25, 0.3) is 0 Å². The molecular weight excluding hydrogens is 172 g/mol. The molecule has 78 valence electrons. The second-order valence-corrected chi connectivity index (χ2v) is 4.25. The molecule has 0 aliphatic heterocycles. The Morgan fingerprint density at radius 2 is 2.07 bits per heavy atom. The van der Waals surface area contributed by atoms with Gasteiger partial charge >= 0.3 is 0 Å². The summed E-state index contributed by atoms with van der Waals surface area (Å²) in [6, 6.07) is 2.37. The third kappa shape index (κ3) is 2.18. The zero-order valence-corrected chi connectivity index (χ0v) is 8.81. The van der Waals surface area contributed by atoms with Gasteiger partial charge in [0.2, 0.25) is 0 Å². The number of nitrogens with two attached hydrogens (primary N) is 1. The zero-order chi connectivity index (χ0) is 9.80. The normalized spacial score (nSPS) is 15.5. The molecule has 1 heterocycles. The largest absolute Gasteiger partial charge is 0.362 e. The molecule has 2 heteroatoms. The van der Waals surface area contributed by atoms with Gasteiger partial charge in [0, 0.05) is 11.4 Å². The van der Waals surface area contributed by atoms with E-state index in [9.17, 15) is 0 Å². The molecule has 0 bridgehead atoms. The minimum absolute atomic E-state index is 0.820. The first-order valence-corrected chi connectivity index (χ1v) is 5.80. The number of H-pyrrole nitrogens is 1. The summed E-state index contributed by atoms with van der Waals surface area (Å²) in [5.74, 6) is 0. The van der Waals surface area contributed by atoms with Gasteiger partial charge in [0.05, 0.1) is 0 Å². The van der Waals surface area contributed by atoms with E-state index >= 15 is 0 Å². The fourth-order valence-corrected chi connectivity index (χ4v) is 2.27. The molecule has 0 spiro atoms. The first kappa shape index (κ1) is 9.78. The van der Waals surface area contributed by atoms with Crippen LogP contribution in [0.25, 0.3) is 0 Å². The van der Waals surface area contributed by atoms with E-state index in [4.69, 9.17) is 5.73 Å². The number of aromatic nitrogens is 1. The number of hydrogen-bond donors (Lipinski definition) is 2. The van der Waals surface area contributed by atoms with Crippen molar-refractivity contribution in [2.45, 2.75) is 44.9 Å². The van der Waals surface area contributed by atoms with Crippen molar-refractivity contribution in [1.82, 2.24) is 4.98 Å². The van der Waals surface area contributed by atoms with Crippen molar-refractivity contribution in [3.8, 4) is 0 Å². The molecule has 0 saturated heterocycles. The SMILES string of the molecule is NCCCCc1cc2c([nH]1)CCCC2. The van der Waals surface area contributed by atoms with Crippen molar-refractivity contribution >= 4 is 0 Å². The summed E-state index contributed by atoms with van der Waals surface area (Å²) in [7, 11) is 0. The van der Waals surface area contributed by atoms with Crippen LogP contribution in [0.3, 0.4) is 0 Å². The van der Waals surface area contributed by atoms with Crippen LogP contribution in [0.2, 0.25) is 0 Å². The van der Waals surface area contributed by atoms with Crippen molar-refractivity contribution in [3.05, 3.63) is 23.0 Å². The van der Waals surface area contributed by atoms with Gasteiger partial charge in [0.1, 0.15) is 0 Å². The lowest BCUT2D eigenvalue weighted by Crippen LogP contribution is -2.00. The Kier molecular flexibility index (Phi) is 3.25. The molecule has 0 fully saturated rings. The lowest BCUT2D eigenvalue weighted by atomic mass is 9.98. The molecular formula is C12H20N2. The van der Waals surface area contributed by atoms with Gasteiger partial charge in [-0.25, -0.2) is 0 Å². The first-order chi connectivity index (χ1) is 6.90. The second kappa shape index (κ2) is 4.65. The van der Waals surface area contributed by atoms with E-state index in [1.54, 1.807) is 5.56 Å². The standard InChI is InChI=1S/C12H20N2/c13-8-4-3-6-11-9-10-5-1-2-7-12(10)14-11/h9,14H,1-8,13H2. The minimum Gasteiger partial charge on any atom is -0.362 e. The van der Waals surface area contributed by atoms with E-state index in [1.165, 1.54) is 49.9 Å². The van der Waals surface area contributed by atoms with E-state index in [2.05, 4.69) is 11.1 Å². The molecule has 3 N–H and O–H groups in total. The molecule has 2 nitrogen and oxygen atoms in total. The topological polar surface area (TPSA) is 41.8 Å². The molecule has 0 aromatic carbocycles. The van der Waals surface area contributed by atoms with Gasteiger partial charge in [0.15, 0.2) is 0 Å². The molecule has 0 unspecified atom stereocenters. The van der Waals surface area contributed by atoms with E-state index in [0.29, 0.717) is 0 Å². The number of rotatable bonds is 4.